The fourth-order valence-corrected chi connectivity index (χ4v) is 3.69. The van der Waals surface area contributed by atoms with Crippen molar-refractivity contribution in [2.24, 2.45) is 0 Å². The molecule has 2 aromatic carbocycles. The number of carboxylic acid groups (broad SMARTS) is 1. The molecule has 2 N–H and O–H groups in total. The lowest BCUT2D eigenvalue weighted by Crippen LogP contribution is -2.31. The van der Waals surface area contributed by atoms with E-state index in [-0.39, 0.29) is 17.8 Å². The van der Waals surface area contributed by atoms with Crippen LogP contribution in [0.3, 0.4) is 0 Å². The molecule has 0 unspecified atom stereocenters. The average molecular weight is 339 g/mol. The maximum absolute atomic E-state index is 13.9. The number of phenolic OH excluding ortho intramolecular Hbond substituents is 1. The minimum atomic E-state index is -4.33. The van der Waals surface area contributed by atoms with Crippen LogP contribution in [-0.4, -0.2) is 31.1 Å². The third-order valence-corrected chi connectivity index (χ3v) is 5.10. The Kier molecular flexibility index (Phi) is 4.55. The first-order valence-corrected chi connectivity index (χ1v) is 8.06. The molecule has 0 amide bonds. The fourth-order valence-electron chi connectivity index (χ4n) is 2.10. The van der Waals surface area contributed by atoms with E-state index in [2.05, 4.69) is 0 Å². The Balaban J connectivity index is 2.63. The number of hydrogen-bond acceptors (Lipinski definition) is 4. The van der Waals surface area contributed by atoms with Gasteiger partial charge in [-0.1, -0.05) is 12.1 Å². The van der Waals surface area contributed by atoms with E-state index in [4.69, 9.17) is 5.11 Å². The van der Waals surface area contributed by atoms with Crippen molar-refractivity contribution in [1.29, 1.82) is 0 Å². The minimum Gasteiger partial charge on any atom is -0.507 e. The molecule has 2 aromatic rings. The lowest BCUT2D eigenvalue weighted by Gasteiger charge is -2.23. The zero-order chi connectivity index (χ0) is 17.2. The molecule has 0 saturated heterocycles. The number of aromatic hydroxyl groups is 1. The number of anilines is 1. The molecule has 2 rings (SSSR count). The summed E-state index contributed by atoms with van der Waals surface area (Å²) < 4.78 is 40.1. The summed E-state index contributed by atoms with van der Waals surface area (Å²) >= 11 is 0. The van der Waals surface area contributed by atoms with E-state index < -0.39 is 32.5 Å². The quantitative estimate of drug-likeness (QED) is 0.872. The van der Waals surface area contributed by atoms with Crippen LogP contribution in [0.2, 0.25) is 0 Å². The average Bonchev–Trinajstić information content (AvgIpc) is 2.49. The number of benzene rings is 2. The van der Waals surface area contributed by atoms with Crippen molar-refractivity contribution in [2.45, 2.75) is 11.8 Å². The van der Waals surface area contributed by atoms with Gasteiger partial charge in [-0.25, -0.2) is 17.6 Å². The van der Waals surface area contributed by atoms with Crippen molar-refractivity contribution in [2.75, 3.05) is 10.8 Å². The number of rotatable bonds is 5. The van der Waals surface area contributed by atoms with Crippen LogP contribution >= 0.6 is 0 Å². The highest BCUT2D eigenvalue weighted by molar-refractivity contribution is 7.93. The summed E-state index contributed by atoms with van der Waals surface area (Å²) in [5, 5.41) is 18.8. The number of hydrogen-bond donors (Lipinski definition) is 2. The van der Waals surface area contributed by atoms with E-state index >= 15 is 0 Å². The van der Waals surface area contributed by atoms with Crippen LogP contribution in [0.5, 0.6) is 5.75 Å². The normalized spacial score (nSPS) is 11.2. The van der Waals surface area contributed by atoms with Crippen LogP contribution in [0, 0.1) is 5.82 Å². The van der Waals surface area contributed by atoms with Crippen LogP contribution in [0.1, 0.15) is 17.3 Å². The highest BCUT2D eigenvalue weighted by Crippen LogP contribution is 2.31. The predicted octanol–water partition coefficient (Wildman–Crippen LogP) is 2.44. The van der Waals surface area contributed by atoms with Gasteiger partial charge in [-0.05, 0) is 37.3 Å². The maximum Gasteiger partial charge on any atom is 0.335 e. The van der Waals surface area contributed by atoms with Gasteiger partial charge >= 0.3 is 5.97 Å². The molecule has 0 aliphatic carbocycles. The summed E-state index contributed by atoms with van der Waals surface area (Å²) in [5.41, 5.74) is -0.485. The van der Waals surface area contributed by atoms with Crippen molar-refractivity contribution in [3.05, 3.63) is 53.8 Å². The summed E-state index contributed by atoms with van der Waals surface area (Å²) in [4.78, 5) is 10.4. The van der Waals surface area contributed by atoms with Crippen LogP contribution in [0.15, 0.2) is 47.4 Å². The number of aromatic carboxylic acids is 1. The highest BCUT2D eigenvalue weighted by Gasteiger charge is 2.29. The van der Waals surface area contributed by atoms with E-state index in [1.807, 2.05) is 0 Å². The molecule has 0 aromatic heterocycles. The maximum atomic E-state index is 13.9. The monoisotopic (exact) mass is 339 g/mol. The van der Waals surface area contributed by atoms with E-state index in [1.165, 1.54) is 25.1 Å². The van der Waals surface area contributed by atoms with Crippen LogP contribution in [0.25, 0.3) is 0 Å². The Morgan fingerprint density at radius 2 is 1.87 bits per heavy atom. The molecule has 6 nitrogen and oxygen atoms in total. The molecule has 0 spiro atoms. The molecule has 0 atom stereocenters. The Morgan fingerprint density at radius 1 is 1.22 bits per heavy atom. The number of para-hydroxylation sites is 1. The highest BCUT2D eigenvalue weighted by atomic mass is 32.2. The smallest absolute Gasteiger partial charge is 0.335 e. The molecular formula is C15H14FNO5S. The van der Waals surface area contributed by atoms with E-state index in [0.29, 0.717) is 0 Å². The molecular weight excluding hydrogens is 325 g/mol. The summed E-state index contributed by atoms with van der Waals surface area (Å²) in [6.07, 6.45) is 0. The number of carboxylic acids is 1. The zero-order valence-electron chi connectivity index (χ0n) is 12.1. The van der Waals surface area contributed by atoms with E-state index in [0.717, 1.165) is 28.6 Å². The SMILES string of the molecule is CCN(c1ccccc1F)S(=O)(=O)c1cc(C(=O)O)ccc1O. The van der Waals surface area contributed by atoms with Crippen molar-refractivity contribution in [1.82, 2.24) is 0 Å². The van der Waals surface area contributed by atoms with Gasteiger partial charge in [-0.15, -0.1) is 0 Å². The lowest BCUT2D eigenvalue weighted by molar-refractivity contribution is 0.0696. The molecule has 23 heavy (non-hydrogen) atoms. The van der Waals surface area contributed by atoms with Gasteiger partial charge < -0.3 is 10.2 Å². The topological polar surface area (TPSA) is 94.9 Å². The van der Waals surface area contributed by atoms with Gasteiger partial charge in [-0.2, -0.15) is 0 Å². The van der Waals surface area contributed by atoms with Gasteiger partial charge in [0.1, 0.15) is 16.5 Å². The molecule has 0 aliphatic rings. The predicted molar refractivity (Wildman–Crippen MR) is 81.7 cm³/mol. The van der Waals surface area contributed by atoms with Gasteiger partial charge in [0.05, 0.1) is 11.3 Å². The van der Waals surface area contributed by atoms with Crippen molar-refractivity contribution < 1.29 is 27.8 Å². The molecule has 0 heterocycles. The number of phenols is 1. The zero-order valence-corrected chi connectivity index (χ0v) is 12.9. The van der Waals surface area contributed by atoms with E-state index in [1.54, 1.807) is 0 Å². The second-order valence-corrected chi connectivity index (χ2v) is 6.44. The second-order valence-electron chi connectivity index (χ2n) is 4.61. The third kappa shape index (κ3) is 3.11. The fraction of sp³-hybridized carbons (Fsp3) is 0.133. The molecule has 122 valence electrons. The Labute approximate surface area is 132 Å². The van der Waals surface area contributed by atoms with Gasteiger partial charge in [0.15, 0.2) is 0 Å². The van der Waals surface area contributed by atoms with Crippen LogP contribution < -0.4 is 4.31 Å². The second kappa shape index (κ2) is 6.25. The van der Waals surface area contributed by atoms with Crippen molar-refractivity contribution in [3.63, 3.8) is 0 Å². The number of carbonyl (C=O) groups is 1. The standard InChI is InChI=1S/C15H14FNO5S/c1-2-17(12-6-4-3-5-11(12)16)23(21,22)14-9-10(15(19)20)7-8-13(14)18/h3-9,18H,2H2,1H3,(H,19,20). The van der Waals surface area contributed by atoms with Crippen LogP contribution in [0.4, 0.5) is 10.1 Å². The van der Waals surface area contributed by atoms with Gasteiger partial charge in [0.2, 0.25) is 0 Å². The molecule has 0 saturated carbocycles. The first kappa shape index (κ1) is 16.8. The summed E-state index contributed by atoms with van der Waals surface area (Å²) in [6.45, 7) is 1.40. The Morgan fingerprint density at radius 3 is 2.43 bits per heavy atom. The third-order valence-electron chi connectivity index (χ3n) is 3.18. The summed E-state index contributed by atoms with van der Waals surface area (Å²) in [7, 11) is -4.33. The molecule has 8 heteroatoms. The van der Waals surface area contributed by atoms with Gasteiger partial charge in [-0.3, -0.25) is 4.31 Å². The Hall–Kier alpha value is -2.61. The van der Waals surface area contributed by atoms with E-state index in [9.17, 15) is 22.7 Å². The van der Waals surface area contributed by atoms with Gasteiger partial charge in [0.25, 0.3) is 10.0 Å². The minimum absolute atomic E-state index is 0.0972. The summed E-state index contributed by atoms with van der Waals surface area (Å²) in [5.74, 6) is -2.69. The Bertz CT molecular complexity index is 851. The number of halogens is 1. The molecule has 0 fully saturated rings. The lowest BCUT2D eigenvalue weighted by atomic mass is 10.2. The van der Waals surface area contributed by atoms with Crippen LogP contribution in [-0.2, 0) is 10.0 Å². The van der Waals surface area contributed by atoms with Crippen molar-refractivity contribution in [3.8, 4) is 5.75 Å². The number of nitrogens with zero attached hydrogens (tertiary/aromatic N) is 1. The first-order valence-electron chi connectivity index (χ1n) is 6.62. The first-order chi connectivity index (χ1) is 10.8. The summed E-state index contributed by atoms with van der Waals surface area (Å²) in [6, 6.07) is 8.19. The van der Waals surface area contributed by atoms with Gasteiger partial charge in [0, 0.05) is 6.54 Å². The number of sulfonamides is 1. The molecule has 0 bridgehead atoms. The molecule has 0 radical (unpaired) electrons. The largest absolute Gasteiger partial charge is 0.507 e. The molecule has 0 aliphatic heterocycles. The van der Waals surface area contributed by atoms with Crippen molar-refractivity contribution >= 4 is 21.7 Å².